The lowest BCUT2D eigenvalue weighted by Crippen LogP contribution is -2.06. The fourth-order valence-electron chi connectivity index (χ4n) is 1.03. The minimum atomic E-state index is -4.22. The number of aliphatic hydroxyl groups excluding tert-OH is 1. The van der Waals surface area contributed by atoms with Gasteiger partial charge in [-0.3, -0.25) is 4.55 Å². The predicted octanol–water partition coefficient (Wildman–Crippen LogP) is 0.252. The van der Waals surface area contributed by atoms with E-state index < -0.39 is 16.2 Å². The Balaban J connectivity index is 2.90. The summed E-state index contributed by atoms with van der Waals surface area (Å²) in [5, 5.41) is 8.66. The quantitative estimate of drug-likeness (QED) is 0.709. The van der Waals surface area contributed by atoms with Gasteiger partial charge in [-0.15, -0.1) is 0 Å². The van der Waals surface area contributed by atoms with Crippen molar-refractivity contribution in [1.29, 1.82) is 0 Å². The van der Waals surface area contributed by atoms with Gasteiger partial charge in [0.25, 0.3) is 0 Å². The molecule has 1 heterocycles. The zero-order chi connectivity index (χ0) is 10.8. The minimum absolute atomic E-state index is 0.383. The van der Waals surface area contributed by atoms with Crippen LogP contribution in [0.15, 0.2) is 23.4 Å². The number of hydrogen-bond acceptors (Lipinski definition) is 4. The van der Waals surface area contributed by atoms with E-state index in [2.05, 4.69) is 4.98 Å². The van der Waals surface area contributed by atoms with Crippen LogP contribution in [0.1, 0.15) is 12.5 Å². The van der Waals surface area contributed by atoms with Crippen LogP contribution in [-0.2, 0) is 16.5 Å². The van der Waals surface area contributed by atoms with Crippen molar-refractivity contribution in [1.82, 2.24) is 4.98 Å². The molecule has 1 aromatic rings. The molecule has 0 aliphatic rings. The van der Waals surface area contributed by atoms with Gasteiger partial charge in [-0.05, 0) is 25.0 Å². The van der Waals surface area contributed by atoms with E-state index in [1.54, 1.807) is 6.92 Å². The third-order valence-electron chi connectivity index (χ3n) is 1.59. The molecule has 0 aliphatic carbocycles. The van der Waals surface area contributed by atoms with Gasteiger partial charge >= 0.3 is 10.1 Å². The molecule has 1 aromatic heterocycles. The van der Waals surface area contributed by atoms with Gasteiger partial charge < -0.3 is 5.11 Å². The molecule has 0 fully saturated rings. The van der Waals surface area contributed by atoms with Gasteiger partial charge in [-0.2, -0.15) is 8.42 Å². The Morgan fingerprint density at radius 2 is 2.14 bits per heavy atom. The second kappa shape index (κ2) is 4.04. The molecule has 0 bridgehead atoms. The van der Waals surface area contributed by atoms with Crippen LogP contribution < -0.4 is 0 Å². The molecular weight excluding hydrogens is 206 g/mol. The number of nitrogens with zero attached hydrogens (tertiary/aromatic N) is 1. The Kier molecular flexibility index (Phi) is 3.20. The second-order valence-corrected chi connectivity index (χ2v) is 4.40. The molecule has 0 saturated carbocycles. The lowest BCUT2D eigenvalue weighted by molar-refractivity contribution is 0.195. The maximum atomic E-state index is 10.6. The molecule has 1 unspecified atom stereocenters. The first-order valence-corrected chi connectivity index (χ1v) is 5.44. The maximum absolute atomic E-state index is 10.6. The average molecular weight is 217 g/mol. The topological polar surface area (TPSA) is 87.5 Å². The molecule has 6 heteroatoms. The van der Waals surface area contributed by atoms with Crippen LogP contribution in [0.25, 0.3) is 0 Å². The van der Waals surface area contributed by atoms with E-state index in [1.165, 1.54) is 18.3 Å². The molecule has 1 rings (SSSR count). The summed E-state index contributed by atoms with van der Waals surface area (Å²) >= 11 is 0. The molecule has 1 atom stereocenters. The minimum Gasteiger partial charge on any atom is -0.393 e. The molecule has 2 N–H and O–H groups in total. The Morgan fingerprint density at radius 1 is 1.50 bits per heavy atom. The summed E-state index contributed by atoms with van der Waals surface area (Å²) in [7, 11) is -4.22. The molecule has 0 aromatic carbocycles. The number of aromatic nitrogens is 1. The van der Waals surface area contributed by atoms with Gasteiger partial charge in [0.2, 0.25) is 0 Å². The van der Waals surface area contributed by atoms with Crippen LogP contribution in [0.4, 0.5) is 0 Å². The molecular formula is C8H11NO4S. The first kappa shape index (κ1) is 11.1. The highest BCUT2D eigenvalue weighted by molar-refractivity contribution is 7.85. The summed E-state index contributed by atoms with van der Waals surface area (Å²) in [4.78, 5) is 3.55. The Bertz CT molecular complexity index is 396. The van der Waals surface area contributed by atoms with Crippen LogP contribution in [0, 0.1) is 0 Å². The van der Waals surface area contributed by atoms with Crippen LogP contribution in [-0.4, -0.2) is 29.2 Å². The van der Waals surface area contributed by atoms with Crippen molar-refractivity contribution < 1.29 is 18.1 Å². The Hall–Kier alpha value is -0.980. The summed E-state index contributed by atoms with van der Waals surface area (Å²) in [5.74, 6) is 0. The summed E-state index contributed by atoms with van der Waals surface area (Å²) < 4.78 is 29.8. The zero-order valence-electron chi connectivity index (χ0n) is 7.58. The largest absolute Gasteiger partial charge is 0.393 e. The van der Waals surface area contributed by atoms with Crippen molar-refractivity contribution in [2.45, 2.75) is 24.5 Å². The highest BCUT2D eigenvalue weighted by atomic mass is 32.2. The fraction of sp³-hybridized carbons (Fsp3) is 0.375. The van der Waals surface area contributed by atoms with Crippen LogP contribution in [0.3, 0.4) is 0 Å². The van der Waals surface area contributed by atoms with E-state index >= 15 is 0 Å². The predicted molar refractivity (Wildman–Crippen MR) is 49.4 cm³/mol. The third-order valence-corrected chi connectivity index (χ3v) is 2.36. The van der Waals surface area contributed by atoms with E-state index in [1.807, 2.05) is 0 Å². The van der Waals surface area contributed by atoms with Gasteiger partial charge in [-0.25, -0.2) is 4.98 Å². The normalized spacial score (nSPS) is 13.9. The molecule has 0 amide bonds. The van der Waals surface area contributed by atoms with E-state index in [0.29, 0.717) is 12.0 Å². The summed E-state index contributed by atoms with van der Waals surface area (Å²) in [6.07, 6.45) is 1.21. The molecule has 0 saturated heterocycles. The smallest absolute Gasteiger partial charge is 0.312 e. The van der Waals surface area contributed by atoms with Crippen LogP contribution in [0.5, 0.6) is 0 Å². The first-order chi connectivity index (χ1) is 6.39. The third kappa shape index (κ3) is 3.06. The van der Waals surface area contributed by atoms with Crippen LogP contribution >= 0.6 is 0 Å². The molecule has 78 valence electrons. The monoisotopic (exact) mass is 217 g/mol. The van der Waals surface area contributed by atoms with E-state index in [4.69, 9.17) is 9.66 Å². The van der Waals surface area contributed by atoms with E-state index in [0.717, 1.165) is 0 Å². The summed E-state index contributed by atoms with van der Waals surface area (Å²) in [6, 6.07) is 2.70. The van der Waals surface area contributed by atoms with Crippen molar-refractivity contribution in [3.63, 3.8) is 0 Å². The summed E-state index contributed by atoms with van der Waals surface area (Å²) in [6.45, 7) is 1.62. The first-order valence-electron chi connectivity index (χ1n) is 4.00. The maximum Gasteiger partial charge on any atom is 0.312 e. The Morgan fingerprint density at radius 3 is 2.50 bits per heavy atom. The highest BCUT2D eigenvalue weighted by Crippen LogP contribution is 2.07. The van der Waals surface area contributed by atoms with Gasteiger partial charge in [0.05, 0.1) is 6.10 Å². The number of pyridine rings is 1. The van der Waals surface area contributed by atoms with Gasteiger partial charge in [0.15, 0.2) is 5.03 Å². The molecule has 0 aliphatic heterocycles. The van der Waals surface area contributed by atoms with Crippen molar-refractivity contribution in [2.75, 3.05) is 0 Å². The van der Waals surface area contributed by atoms with Crippen molar-refractivity contribution in [3.05, 3.63) is 23.9 Å². The van der Waals surface area contributed by atoms with Gasteiger partial charge in [-0.1, -0.05) is 6.07 Å². The second-order valence-electron chi connectivity index (χ2n) is 3.03. The van der Waals surface area contributed by atoms with Gasteiger partial charge in [0.1, 0.15) is 0 Å². The molecule has 0 radical (unpaired) electrons. The SMILES string of the molecule is CC(O)Cc1ccc(S(=O)(=O)O)nc1. The average Bonchev–Trinajstić information content (AvgIpc) is 2.02. The summed E-state index contributed by atoms with van der Waals surface area (Å²) in [5.41, 5.74) is 0.715. The van der Waals surface area contributed by atoms with Crippen molar-refractivity contribution in [3.8, 4) is 0 Å². The molecule has 5 nitrogen and oxygen atoms in total. The number of aliphatic hydroxyl groups is 1. The lowest BCUT2D eigenvalue weighted by Gasteiger charge is -2.03. The molecule has 0 spiro atoms. The molecule has 14 heavy (non-hydrogen) atoms. The van der Waals surface area contributed by atoms with Gasteiger partial charge in [0, 0.05) is 6.20 Å². The number of hydrogen-bond donors (Lipinski definition) is 2. The van der Waals surface area contributed by atoms with Crippen molar-refractivity contribution in [2.24, 2.45) is 0 Å². The highest BCUT2D eigenvalue weighted by Gasteiger charge is 2.10. The standard InChI is InChI=1S/C8H11NO4S/c1-6(10)4-7-2-3-8(9-5-7)14(11,12)13/h2-3,5-6,10H,4H2,1H3,(H,11,12,13). The lowest BCUT2D eigenvalue weighted by atomic mass is 10.1. The van der Waals surface area contributed by atoms with E-state index in [-0.39, 0.29) is 5.03 Å². The number of rotatable bonds is 3. The zero-order valence-corrected chi connectivity index (χ0v) is 8.40. The van der Waals surface area contributed by atoms with Crippen molar-refractivity contribution >= 4 is 10.1 Å². The fourth-order valence-corrected chi connectivity index (χ4v) is 1.45. The van der Waals surface area contributed by atoms with E-state index in [9.17, 15) is 8.42 Å². The Labute approximate surface area is 82.2 Å². The van der Waals surface area contributed by atoms with Crippen LogP contribution in [0.2, 0.25) is 0 Å².